The maximum atomic E-state index is 12.8. The fourth-order valence-electron chi connectivity index (χ4n) is 2.79. The van der Waals surface area contributed by atoms with Crippen LogP contribution in [0.15, 0.2) is 28.8 Å². The Morgan fingerprint density at radius 1 is 1.30 bits per heavy atom. The first-order valence-electron chi connectivity index (χ1n) is 9.60. The summed E-state index contributed by atoms with van der Waals surface area (Å²) < 4.78 is 10.8. The fourth-order valence-corrected chi connectivity index (χ4v) is 2.79. The molecule has 0 radical (unpaired) electrons. The molecule has 1 aromatic heterocycles. The van der Waals surface area contributed by atoms with Crippen molar-refractivity contribution >= 4 is 6.03 Å². The number of rotatable bonds is 8. The van der Waals surface area contributed by atoms with Crippen molar-refractivity contribution < 1.29 is 14.1 Å². The van der Waals surface area contributed by atoms with E-state index in [0.717, 1.165) is 24.2 Å². The molecule has 1 fully saturated rings. The van der Waals surface area contributed by atoms with Gasteiger partial charge in [0.25, 0.3) is 0 Å². The molecule has 1 N–H and O–H groups in total. The van der Waals surface area contributed by atoms with E-state index < -0.39 is 0 Å². The van der Waals surface area contributed by atoms with Crippen LogP contribution >= 0.6 is 0 Å². The molecule has 0 bridgehead atoms. The topological polar surface area (TPSA) is 80.5 Å². The van der Waals surface area contributed by atoms with Gasteiger partial charge in [-0.3, -0.25) is 0 Å². The van der Waals surface area contributed by atoms with Crippen LogP contribution in [0.4, 0.5) is 4.79 Å². The van der Waals surface area contributed by atoms with Crippen molar-refractivity contribution in [2.75, 3.05) is 6.61 Å². The number of carbonyl (C=O) groups is 1. The molecule has 0 aliphatic heterocycles. The molecule has 7 heteroatoms. The zero-order valence-corrected chi connectivity index (χ0v) is 16.4. The average Bonchev–Trinajstić information content (AvgIpc) is 3.35. The van der Waals surface area contributed by atoms with Crippen molar-refractivity contribution in [1.29, 1.82) is 0 Å². The molecule has 2 amide bonds. The predicted octanol–water partition coefficient (Wildman–Crippen LogP) is 4.03. The number of nitrogens with zero attached hydrogens (tertiary/aromatic N) is 3. The smallest absolute Gasteiger partial charge is 0.318 e. The molecular formula is C20H28N4O3. The number of ether oxygens (including phenoxy) is 1. The summed E-state index contributed by atoms with van der Waals surface area (Å²) in [6.07, 6.45) is 2.08. The van der Waals surface area contributed by atoms with Crippen LogP contribution in [0.5, 0.6) is 5.75 Å². The quantitative estimate of drug-likeness (QED) is 0.757. The first-order valence-corrected chi connectivity index (χ1v) is 9.60. The SMILES string of the molecule is CCOc1ccc(CN(C(=O)NC(C)c2nc(C(C)C)no2)C2CC2)cc1. The monoisotopic (exact) mass is 372 g/mol. The largest absolute Gasteiger partial charge is 0.494 e. The van der Waals surface area contributed by atoms with E-state index in [-0.39, 0.29) is 24.0 Å². The summed E-state index contributed by atoms with van der Waals surface area (Å²) in [7, 11) is 0. The van der Waals surface area contributed by atoms with Gasteiger partial charge in [-0.25, -0.2) is 4.79 Å². The molecule has 0 spiro atoms. The first-order chi connectivity index (χ1) is 13.0. The van der Waals surface area contributed by atoms with E-state index in [1.807, 2.05) is 56.9 Å². The summed E-state index contributed by atoms with van der Waals surface area (Å²) in [6, 6.07) is 7.74. The van der Waals surface area contributed by atoms with Crippen LogP contribution in [0.1, 0.15) is 69.8 Å². The van der Waals surface area contributed by atoms with Crippen LogP contribution in [0.2, 0.25) is 0 Å². The van der Waals surface area contributed by atoms with E-state index >= 15 is 0 Å². The third kappa shape index (κ3) is 4.99. The number of benzene rings is 1. The molecule has 3 rings (SSSR count). The van der Waals surface area contributed by atoms with Crippen molar-refractivity contribution in [3.63, 3.8) is 0 Å². The van der Waals surface area contributed by atoms with E-state index in [1.165, 1.54) is 0 Å². The zero-order valence-electron chi connectivity index (χ0n) is 16.4. The molecule has 1 heterocycles. The summed E-state index contributed by atoms with van der Waals surface area (Å²) >= 11 is 0. The van der Waals surface area contributed by atoms with Crippen molar-refractivity contribution in [3.05, 3.63) is 41.5 Å². The minimum absolute atomic E-state index is 0.108. The summed E-state index contributed by atoms with van der Waals surface area (Å²) in [6.45, 7) is 9.03. The second-order valence-electron chi connectivity index (χ2n) is 7.25. The minimum Gasteiger partial charge on any atom is -0.494 e. The molecule has 146 valence electrons. The fraction of sp³-hybridized carbons (Fsp3) is 0.550. The van der Waals surface area contributed by atoms with E-state index in [2.05, 4.69) is 15.5 Å². The molecule has 1 saturated carbocycles. The van der Waals surface area contributed by atoms with Crippen LogP contribution in [0.25, 0.3) is 0 Å². The van der Waals surface area contributed by atoms with E-state index in [9.17, 15) is 4.79 Å². The van der Waals surface area contributed by atoms with E-state index in [1.54, 1.807) is 0 Å². The van der Waals surface area contributed by atoms with Crippen molar-refractivity contribution in [2.24, 2.45) is 0 Å². The maximum Gasteiger partial charge on any atom is 0.318 e. The predicted molar refractivity (Wildman–Crippen MR) is 102 cm³/mol. The number of hydrogen-bond donors (Lipinski definition) is 1. The minimum atomic E-state index is -0.334. The Morgan fingerprint density at radius 2 is 2.00 bits per heavy atom. The lowest BCUT2D eigenvalue weighted by Gasteiger charge is -2.24. The number of carbonyl (C=O) groups excluding carboxylic acids is 1. The number of nitrogens with one attached hydrogen (secondary N) is 1. The van der Waals surface area contributed by atoms with Crippen LogP contribution < -0.4 is 10.1 Å². The number of aromatic nitrogens is 2. The Hall–Kier alpha value is -2.57. The molecule has 1 aliphatic rings. The Balaban J connectivity index is 1.62. The molecule has 1 aliphatic carbocycles. The highest BCUT2D eigenvalue weighted by Crippen LogP contribution is 2.29. The molecule has 2 aromatic rings. The summed E-state index contributed by atoms with van der Waals surface area (Å²) in [5, 5.41) is 6.95. The Bertz CT molecular complexity index is 753. The lowest BCUT2D eigenvalue weighted by atomic mass is 10.2. The van der Waals surface area contributed by atoms with Crippen molar-refractivity contribution in [1.82, 2.24) is 20.4 Å². The van der Waals surface area contributed by atoms with Gasteiger partial charge in [0.2, 0.25) is 5.89 Å². The number of amides is 2. The van der Waals surface area contributed by atoms with Gasteiger partial charge in [-0.2, -0.15) is 4.98 Å². The molecule has 27 heavy (non-hydrogen) atoms. The lowest BCUT2D eigenvalue weighted by molar-refractivity contribution is 0.186. The first kappa shape index (κ1) is 19.2. The Morgan fingerprint density at radius 3 is 2.56 bits per heavy atom. The van der Waals surface area contributed by atoms with Crippen molar-refractivity contribution in [3.8, 4) is 5.75 Å². The van der Waals surface area contributed by atoms with Gasteiger partial charge in [0.1, 0.15) is 11.8 Å². The number of urea groups is 1. The average molecular weight is 372 g/mol. The zero-order chi connectivity index (χ0) is 19.4. The van der Waals surface area contributed by atoms with Gasteiger partial charge >= 0.3 is 6.03 Å². The molecule has 1 atom stereocenters. The normalized spacial score (nSPS) is 14.9. The summed E-state index contributed by atoms with van der Waals surface area (Å²) in [4.78, 5) is 19.1. The van der Waals surface area contributed by atoms with Crippen LogP contribution in [0.3, 0.4) is 0 Å². The Kier molecular flexibility index (Phi) is 5.98. The Labute approximate surface area is 160 Å². The van der Waals surface area contributed by atoms with Gasteiger partial charge in [0.05, 0.1) is 6.61 Å². The number of hydrogen-bond acceptors (Lipinski definition) is 5. The summed E-state index contributed by atoms with van der Waals surface area (Å²) in [5.41, 5.74) is 1.08. The third-order valence-corrected chi connectivity index (χ3v) is 4.52. The van der Waals surface area contributed by atoms with Crippen LogP contribution in [0, 0.1) is 0 Å². The maximum absolute atomic E-state index is 12.8. The van der Waals surface area contributed by atoms with Gasteiger partial charge in [0.15, 0.2) is 5.82 Å². The van der Waals surface area contributed by atoms with Gasteiger partial charge in [0, 0.05) is 18.5 Å². The molecule has 1 unspecified atom stereocenters. The highest BCUT2D eigenvalue weighted by Gasteiger charge is 2.33. The lowest BCUT2D eigenvalue weighted by Crippen LogP contribution is -2.42. The second-order valence-corrected chi connectivity index (χ2v) is 7.25. The highest BCUT2D eigenvalue weighted by molar-refractivity contribution is 5.75. The van der Waals surface area contributed by atoms with Crippen molar-refractivity contribution in [2.45, 2.75) is 65.1 Å². The molecule has 0 saturated heterocycles. The van der Waals surface area contributed by atoms with Crippen LogP contribution in [-0.4, -0.2) is 33.7 Å². The second kappa shape index (κ2) is 8.41. The van der Waals surface area contributed by atoms with Gasteiger partial charge in [-0.05, 0) is 44.4 Å². The molecule has 1 aromatic carbocycles. The van der Waals surface area contributed by atoms with Gasteiger partial charge in [-0.1, -0.05) is 31.1 Å². The molecular weight excluding hydrogens is 344 g/mol. The molecule has 7 nitrogen and oxygen atoms in total. The summed E-state index contributed by atoms with van der Waals surface area (Å²) in [5.74, 6) is 2.12. The highest BCUT2D eigenvalue weighted by atomic mass is 16.5. The van der Waals surface area contributed by atoms with E-state index in [0.29, 0.717) is 24.9 Å². The van der Waals surface area contributed by atoms with E-state index in [4.69, 9.17) is 9.26 Å². The van der Waals surface area contributed by atoms with Gasteiger partial charge in [-0.15, -0.1) is 0 Å². The van der Waals surface area contributed by atoms with Crippen LogP contribution in [-0.2, 0) is 6.54 Å². The van der Waals surface area contributed by atoms with Gasteiger partial charge < -0.3 is 19.5 Å². The third-order valence-electron chi connectivity index (χ3n) is 4.52. The standard InChI is InChI=1S/C20H28N4O3/c1-5-26-17-10-6-15(7-11-17)12-24(16-8-9-16)20(25)21-14(4)19-22-18(13(2)3)23-27-19/h6-7,10-11,13-14,16H,5,8-9,12H2,1-4H3,(H,21,25).